The molecule has 1 aromatic heterocycles. The number of aromatic nitrogens is 1. The number of hydrogen-bond donors (Lipinski definition) is 1. The first-order valence-electron chi connectivity index (χ1n) is 8.02. The summed E-state index contributed by atoms with van der Waals surface area (Å²) in [5.74, 6) is 1.04. The number of hydrogen-bond acceptors (Lipinski definition) is 2. The lowest BCUT2D eigenvalue weighted by atomic mass is 10.1. The topological polar surface area (TPSA) is 28.3 Å². The molecule has 2 unspecified atom stereocenters. The molecule has 1 fully saturated rings. The molecule has 3 aromatic rings. The number of rotatable bonds is 5. The van der Waals surface area contributed by atoms with E-state index >= 15 is 0 Å². The van der Waals surface area contributed by atoms with E-state index in [9.17, 15) is 4.39 Å². The molecule has 4 rings (SSSR count). The third-order valence-electron chi connectivity index (χ3n) is 4.48. The summed E-state index contributed by atoms with van der Waals surface area (Å²) in [6.45, 7) is 2.90. The zero-order valence-corrected chi connectivity index (χ0v) is 13.0. The molecule has 1 N–H and O–H groups in total. The molecule has 0 spiro atoms. The molecule has 0 aliphatic heterocycles. The van der Waals surface area contributed by atoms with Crippen molar-refractivity contribution in [2.45, 2.75) is 25.3 Å². The van der Waals surface area contributed by atoms with E-state index < -0.39 is 0 Å². The van der Waals surface area contributed by atoms with Crippen LogP contribution in [0.3, 0.4) is 0 Å². The summed E-state index contributed by atoms with van der Waals surface area (Å²) in [7, 11) is 0. The maximum absolute atomic E-state index is 13.5. The highest BCUT2D eigenvalue weighted by Crippen LogP contribution is 2.47. The van der Waals surface area contributed by atoms with Gasteiger partial charge in [-0.05, 0) is 49.2 Å². The van der Waals surface area contributed by atoms with Gasteiger partial charge in [0.2, 0.25) is 0 Å². The van der Waals surface area contributed by atoms with Crippen molar-refractivity contribution in [2.75, 3.05) is 6.54 Å². The van der Waals surface area contributed by atoms with Crippen LogP contribution in [0.2, 0.25) is 0 Å². The van der Waals surface area contributed by atoms with Crippen LogP contribution in [-0.2, 0) is 0 Å². The molecule has 1 heterocycles. The molecule has 1 aliphatic rings. The molecule has 0 amide bonds. The predicted octanol–water partition coefficient (Wildman–Crippen LogP) is 4.48. The molecule has 1 aliphatic carbocycles. The van der Waals surface area contributed by atoms with E-state index in [0.29, 0.717) is 12.0 Å². The van der Waals surface area contributed by atoms with Crippen molar-refractivity contribution in [2.24, 2.45) is 0 Å². The summed E-state index contributed by atoms with van der Waals surface area (Å²) in [5, 5.41) is 3.01. The minimum absolute atomic E-state index is 0.191. The molecule has 4 heteroatoms. The molecule has 0 saturated heterocycles. The normalized spacial score (nSPS) is 20.1. The fourth-order valence-corrected chi connectivity index (χ4v) is 3.24. The van der Waals surface area contributed by atoms with Crippen molar-refractivity contribution in [3.63, 3.8) is 0 Å². The van der Waals surface area contributed by atoms with Crippen LogP contribution >= 0.6 is 0 Å². The maximum Gasteiger partial charge on any atom is 0.147 e. The van der Waals surface area contributed by atoms with Crippen molar-refractivity contribution in [1.29, 1.82) is 0 Å². The Morgan fingerprint density at radius 3 is 2.83 bits per heavy atom. The summed E-state index contributed by atoms with van der Waals surface area (Å²) >= 11 is 0. The molecule has 1 saturated carbocycles. The molecule has 118 valence electrons. The van der Waals surface area contributed by atoms with E-state index in [1.165, 1.54) is 11.6 Å². The number of para-hydroxylation sites is 1. The van der Waals surface area contributed by atoms with Gasteiger partial charge in [-0.15, -0.1) is 5.06 Å². The number of hydroxylamine groups is 2. The number of nitrogens with one attached hydrogen (secondary N) is 1. The Balaban J connectivity index is 1.54. The van der Waals surface area contributed by atoms with Gasteiger partial charge in [-0.3, -0.25) is 0 Å². The van der Waals surface area contributed by atoms with Gasteiger partial charge in [0.05, 0.1) is 6.04 Å². The minimum atomic E-state index is -0.191. The summed E-state index contributed by atoms with van der Waals surface area (Å²) in [6.07, 6.45) is 3.04. The van der Waals surface area contributed by atoms with Crippen LogP contribution in [0.15, 0.2) is 54.7 Å². The van der Waals surface area contributed by atoms with Gasteiger partial charge in [-0.25, -0.2) is 4.39 Å². The van der Waals surface area contributed by atoms with Crippen LogP contribution in [0, 0.1) is 5.82 Å². The molecular weight excluding hydrogens is 291 g/mol. The first kappa shape index (κ1) is 14.3. The lowest BCUT2D eigenvalue weighted by Crippen LogP contribution is -2.30. The van der Waals surface area contributed by atoms with Gasteiger partial charge in [0.25, 0.3) is 0 Å². The molecular formula is C19H19FN2O. The zero-order chi connectivity index (χ0) is 15.8. The fraction of sp³-hybridized carbons (Fsp3) is 0.263. The average molecular weight is 310 g/mol. The van der Waals surface area contributed by atoms with Gasteiger partial charge in [0, 0.05) is 29.6 Å². The standard InChI is InChI=1S/C19H19FN2O/c1-2-22(23-14-6-4-3-5-7-14)19-11-16(19)17-12-21-18-9-8-13(20)10-15(17)18/h3-10,12,16,19,21H,2,11H2,1H3. The third kappa shape index (κ3) is 2.70. The van der Waals surface area contributed by atoms with Crippen LogP contribution in [0.5, 0.6) is 5.75 Å². The number of nitrogens with zero attached hydrogens (tertiary/aromatic N) is 1. The Labute approximate surface area is 134 Å². The highest BCUT2D eigenvalue weighted by Gasteiger charge is 2.45. The summed E-state index contributed by atoms with van der Waals surface area (Å²) in [6, 6.07) is 15.1. The van der Waals surface area contributed by atoms with Crippen LogP contribution < -0.4 is 4.84 Å². The molecule has 2 aromatic carbocycles. The Hall–Kier alpha value is -2.33. The molecule has 0 radical (unpaired) electrons. The number of likely N-dealkylation sites (N-methyl/N-ethyl adjacent to an activating group) is 1. The summed E-state index contributed by atoms with van der Waals surface area (Å²) in [5.41, 5.74) is 2.17. The largest absolute Gasteiger partial charge is 0.406 e. The van der Waals surface area contributed by atoms with Crippen LogP contribution in [0.1, 0.15) is 24.8 Å². The number of aromatic amines is 1. The Morgan fingerprint density at radius 1 is 1.22 bits per heavy atom. The fourth-order valence-electron chi connectivity index (χ4n) is 3.24. The van der Waals surface area contributed by atoms with Gasteiger partial charge >= 0.3 is 0 Å². The van der Waals surface area contributed by atoms with Crippen LogP contribution in [0.25, 0.3) is 10.9 Å². The zero-order valence-electron chi connectivity index (χ0n) is 13.0. The Morgan fingerprint density at radius 2 is 2.04 bits per heavy atom. The van der Waals surface area contributed by atoms with E-state index in [1.807, 2.05) is 41.6 Å². The maximum atomic E-state index is 13.5. The minimum Gasteiger partial charge on any atom is -0.406 e. The van der Waals surface area contributed by atoms with E-state index in [1.54, 1.807) is 12.1 Å². The van der Waals surface area contributed by atoms with Crippen LogP contribution in [0.4, 0.5) is 4.39 Å². The smallest absolute Gasteiger partial charge is 0.147 e. The lowest BCUT2D eigenvalue weighted by molar-refractivity contribution is -0.0639. The van der Waals surface area contributed by atoms with Crippen molar-refractivity contribution in [3.05, 3.63) is 66.1 Å². The van der Waals surface area contributed by atoms with Gasteiger partial charge in [-0.1, -0.05) is 18.2 Å². The average Bonchev–Trinajstić information content (AvgIpc) is 3.25. The number of H-pyrrole nitrogens is 1. The second-order valence-corrected chi connectivity index (χ2v) is 5.98. The van der Waals surface area contributed by atoms with Crippen molar-refractivity contribution >= 4 is 10.9 Å². The number of halogens is 1. The van der Waals surface area contributed by atoms with Crippen molar-refractivity contribution in [1.82, 2.24) is 10.0 Å². The van der Waals surface area contributed by atoms with Gasteiger partial charge < -0.3 is 9.82 Å². The quantitative estimate of drug-likeness (QED) is 0.704. The van der Waals surface area contributed by atoms with Gasteiger partial charge in [-0.2, -0.15) is 0 Å². The van der Waals surface area contributed by atoms with E-state index in [-0.39, 0.29) is 5.82 Å². The highest BCUT2D eigenvalue weighted by molar-refractivity contribution is 5.84. The second kappa shape index (κ2) is 5.70. The lowest BCUT2D eigenvalue weighted by Gasteiger charge is -2.21. The van der Waals surface area contributed by atoms with Gasteiger partial charge in [0.1, 0.15) is 11.6 Å². The summed E-state index contributed by atoms with van der Waals surface area (Å²) in [4.78, 5) is 9.24. The predicted molar refractivity (Wildman–Crippen MR) is 88.9 cm³/mol. The van der Waals surface area contributed by atoms with Crippen LogP contribution in [-0.4, -0.2) is 22.6 Å². The monoisotopic (exact) mass is 310 g/mol. The van der Waals surface area contributed by atoms with Crippen molar-refractivity contribution < 1.29 is 9.23 Å². The third-order valence-corrected chi connectivity index (χ3v) is 4.48. The second-order valence-electron chi connectivity index (χ2n) is 5.98. The SMILES string of the molecule is CCN(Oc1ccccc1)C1CC1c1c[nH]c2ccc(F)cc12. The number of fused-ring (bicyclic) bond motifs is 1. The molecule has 2 atom stereocenters. The van der Waals surface area contributed by atoms with E-state index in [0.717, 1.165) is 29.6 Å². The highest BCUT2D eigenvalue weighted by atomic mass is 19.1. The Bertz CT molecular complexity index is 815. The summed E-state index contributed by atoms with van der Waals surface area (Å²) < 4.78 is 13.5. The van der Waals surface area contributed by atoms with E-state index in [4.69, 9.17) is 4.84 Å². The molecule has 3 nitrogen and oxygen atoms in total. The first-order valence-corrected chi connectivity index (χ1v) is 8.02. The first-order chi connectivity index (χ1) is 11.3. The Kier molecular flexibility index (Phi) is 3.54. The molecule has 0 bridgehead atoms. The van der Waals surface area contributed by atoms with Gasteiger partial charge in [0.15, 0.2) is 0 Å². The molecule has 23 heavy (non-hydrogen) atoms. The number of benzene rings is 2. The van der Waals surface area contributed by atoms with Crippen molar-refractivity contribution in [3.8, 4) is 5.75 Å². The van der Waals surface area contributed by atoms with E-state index in [2.05, 4.69) is 11.9 Å².